The summed E-state index contributed by atoms with van der Waals surface area (Å²) in [5, 5.41) is 2.54. The second-order valence-electron chi connectivity index (χ2n) is 4.54. The number of fused-ring (bicyclic) bond motifs is 1. The lowest BCUT2D eigenvalue weighted by Crippen LogP contribution is -1.81. The van der Waals surface area contributed by atoms with E-state index in [9.17, 15) is 0 Å². The van der Waals surface area contributed by atoms with Crippen LogP contribution in [0.3, 0.4) is 0 Å². The Morgan fingerprint density at radius 3 is 2.45 bits per heavy atom. The van der Waals surface area contributed by atoms with Gasteiger partial charge in [-0.25, -0.2) is 0 Å². The Morgan fingerprint density at radius 1 is 0.850 bits per heavy atom. The second-order valence-corrected chi connectivity index (χ2v) is 7.36. The van der Waals surface area contributed by atoms with Gasteiger partial charge in [0.25, 0.3) is 0 Å². The fourth-order valence-electron chi connectivity index (χ4n) is 2.06. The van der Waals surface area contributed by atoms with Crippen LogP contribution in [0.25, 0.3) is 10.8 Å². The van der Waals surface area contributed by atoms with Gasteiger partial charge in [-0.15, -0.1) is 11.8 Å². The minimum absolute atomic E-state index is 0.993. The molecule has 0 N–H and O–H groups in total. The monoisotopic (exact) mass is 406 g/mol. The number of benzene rings is 3. The number of hydrogen-bond acceptors (Lipinski definition) is 1. The summed E-state index contributed by atoms with van der Waals surface area (Å²) in [5.41, 5.74) is 1.34. The average Bonchev–Trinajstić information content (AvgIpc) is 2.47. The van der Waals surface area contributed by atoms with Crippen LogP contribution in [0.5, 0.6) is 0 Å². The summed E-state index contributed by atoms with van der Waals surface area (Å²) in [4.78, 5) is 1.30. The molecule has 0 fully saturated rings. The molecule has 0 aliphatic rings. The molecule has 0 nitrogen and oxygen atoms in total. The maximum Gasteiger partial charge on any atom is 0.0253 e. The van der Waals surface area contributed by atoms with E-state index in [2.05, 4.69) is 92.5 Å². The average molecular weight is 408 g/mol. The highest BCUT2D eigenvalue weighted by Gasteiger charge is 2.01. The van der Waals surface area contributed by atoms with Gasteiger partial charge in [0.2, 0.25) is 0 Å². The van der Waals surface area contributed by atoms with Crippen LogP contribution < -0.4 is 0 Å². The van der Waals surface area contributed by atoms with Crippen molar-refractivity contribution in [3.05, 3.63) is 75.2 Å². The van der Waals surface area contributed by atoms with E-state index < -0.39 is 0 Å². The molecule has 0 aliphatic carbocycles. The van der Waals surface area contributed by atoms with E-state index in [1.807, 2.05) is 11.8 Å². The quantitative estimate of drug-likeness (QED) is 0.437. The lowest BCUT2D eigenvalue weighted by atomic mass is 10.1. The molecule has 0 heterocycles. The van der Waals surface area contributed by atoms with Gasteiger partial charge >= 0.3 is 0 Å². The highest BCUT2D eigenvalue weighted by atomic mass is 79.9. The molecule has 0 aliphatic heterocycles. The van der Waals surface area contributed by atoms with Crippen molar-refractivity contribution in [2.45, 2.75) is 10.6 Å². The topological polar surface area (TPSA) is 0 Å². The van der Waals surface area contributed by atoms with E-state index in [-0.39, 0.29) is 0 Å². The molecular formula is C17H12Br2S. The lowest BCUT2D eigenvalue weighted by molar-refractivity contribution is 1.38. The number of hydrogen-bond donors (Lipinski definition) is 0. The van der Waals surface area contributed by atoms with E-state index in [1.165, 1.54) is 21.2 Å². The molecule has 0 unspecified atom stereocenters. The lowest BCUT2D eigenvalue weighted by Gasteiger charge is -2.05. The highest BCUT2D eigenvalue weighted by molar-refractivity contribution is 9.11. The van der Waals surface area contributed by atoms with Gasteiger partial charge in [-0.05, 0) is 46.7 Å². The summed E-state index contributed by atoms with van der Waals surface area (Å²) in [6.45, 7) is 0. The van der Waals surface area contributed by atoms with Gasteiger partial charge in [-0.1, -0.05) is 62.2 Å². The molecule has 0 saturated heterocycles. The van der Waals surface area contributed by atoms with E-state index >= 15 is 0 Å². The third-order valence-electron chi connectivity index (χ3n) is 3.12. The van der Waals surface area contributed by atoms with Crippen LogP contribution in [0, 0.1) is 0 Å². The molecule has 0 atom stereocenters. The minimum Gasteiger partial charge on any atom is -0.121 e. The first-order valence-electron chi connectivity index (χ1n) is 6.28. The van der Waals surface area contributed by atoms with Crippen molar-refractivity contribution < 1.29 is 0 Å². The molecule has 0 aromatic heterocycles. The first-order chi connectivity index (χ1) is 9.72. The SMILES string of the molecule is Brc1ccc(CSc2ccc3c(Br)cccc3c2)cc1. The van der Waals surface area contributed by atoms with E-state index in [0.717, 1.165) is 14.7 Å². The molecule has 0 saturated carbocycles. The molecule has 3 aromatic carbocycles. The molecule has 0 spiro atoms. The van der Waals surface area contributed by atoms with E-state index in [1.54, 1.807) is 0 Å². The highest BCUT2D eigenvalue weighted by Crippen LogP contribution is 2.30. The summed E-state index contributed by atoms with van der Waals surface area (Å²) in [6.07, 6.45) is 0. The van der Waals surface area contributed by atoms with E-state index in [0.29, 0.717) is 0 Å². The Balaban J connectivity index is 1.79. The zero-order valence-electron chi connectivity index (χ0n) is 10.6. The van der Waals surface area contributed by atoms with Crippen molar-refractivity contribution in [1.82, 2.24) is 0 Å². The minimum atomic E-state index is 0.993. The van der Waals surface area contributed by atoms with Crippen LogP contribution in [-0.4, -0.2) is 0 Å². The maximum absolute atomic E-state index is 3.59. The normalized spacial score (nSPS) is 10.9. The van der Waals surface area contributed by atoms with Crippen LogP contribution in [0.4, 0.5) is 0 Å². The molecule has 3 rings (SSSR count). The van der Waals surface area contributed by atoms with Crippen LogP contribution in [0.15, 0.2) is 74.5 Å². The Labute approximate surface area is 139 Å². The predicted molar refractivity (Wildman–Crippen MR) is 95.4 cm³/mol. The van der Waals surface area contributed by atoms with Crippen LogP contribution in [0.2, 0.25) is 0 Å². The third kappa shape index (κ3) is 3.27. The van der Waals surface area contributed by atoms with Crippen LogP contribution in [0.1, 0.15) is 5.56 Å². The Morgan fingerprint density at radius 2 is 1.65 bits per heavy atom. The van der Waals surface area contributed by atoms with Crippen molar-refractivity contribution in [2.75, 3.05) is 0 Å². The molecular weight excluding hydrogens is 396 g/mol. The predicted octanol–water partition coefficient (Wildman–Crippen LogP) is 6.66. The van der Waals surface area contributed by atoms with Gasteiger partial charge in [-0.3, -0.25) is 0 Å². The summed E-state index contributed by atoms with van der Waals surface area (Å²) < 4.78 is 2.28. The molecule has 3 heteroatoms. The van der Waals surface area contributed by atoms with Gasteiger partial charge in [0.1, 0.15) is 0 Å². The maximum atomic E-state index is 3.59. The third-order valence-corrected chi connectivity index (χ3v) is 5.40. The van der Waals surface area contributed by atoms with Gasteiger partial charge < -0.3 is 0 Å². The van der Waals surface area contributed by atoms with Crippen molar-refractivity contribution in [3.8, 4) is 0 Å². The summed E-state index contributed by atoms with van der Waals surface area (Å²) in [5.74, 6) is 0.993. The van der Waals surface area contributed by atoms with Crippen LogP contribution >= 0.6 is 43.6 Å². The number of halogens is 2. The Kier molecular flexibility index (Phi) is 4.49. The summed E-state index contributed by atoms with van der Waals surface area (Å²) in [6, 6.07) is 21.4. The first-order valence-corrected chi connectivity index (χ1v) is 8.85. The number of rotatable bonds is 3. The first kappa shape index (κ1) is 14.2. The largest absolute Gasteiger partial charge is 0.121 e. The van der Waals surface area contributed by atoms with Crippen molar-refractivity contribution >= 4 is 54.4 Å². The summed E-state index contributed by atoms with van der Waals surface area (Å²) in [7, 11) is 0. The van der Waals surface area contributed by atoms with Gasteiger partial charge in [0, 0.05) is 19.6 Å². The fourth-order valence-corrected chi connectivity index (χ4v) is 3.74. The second kappa shape index (κ2) is 6.33. The molecule has 0 radical (unpaired) electrons. The van der Waals surface area contributed by atoms with Crippen LogP contribution in [-0.2, 0) is 5.75 Å². The van der Waals surface area contributed by atoms with Gasteiger partial charge in [0.05, 0.1) is 0 Å². The molecule has 100 valence electrons. The molecule has 0 bridgehead atoms. The standard InChI is InChI=1S/C17H12Br2S/c18-14-6-4-12(5-7-14)11-20-15-8-9-16-13(10-15)2-1-3-17(16)19/h1-10H,11H2. The number of thioether (sulfide) groups is 1. The van der Waals surface area contributed by atoms with E-state index in [4.69, 9.17) is 0 Å². The fraction of sp³-hybridized carbons (Fsp3) is 0.0588. The van der Waals surface area contributed by atoms with Crippen molar-refractivity contribution in [1.29, 1.82) is 0 Å². The Hall–Kier alpha value is -0.770. The van der Waals surface area contributed by atoms with Crippen molar-refractivity contribution in [3.63, 3.8) is 0 Å². The smallest absolute Gasteiger partial charge is 0.0253 e. The Bertz CT molecular complexity index is 736. The van der Waals surface area contributed by atoms with Gasteiger partial charge in [-0.2, -0.15) is 0 Å². The van der Waals surface area contributed by atoms with Crippen molar-refractivity contribution in [2.24, 2.45) is 0 Å². The molecule has 0 amide bonds. The zero-order chi connectivity index (χ0) is 13.9. The molecule has 20 heavy (non-hydrogen) atoms. The molecule has 3 aromatic rings. The zero-order valence-corrected chi connectivity index (χ0v) is 14.6. The summed E-state index contributed by atoms with van der Waals surface area (Å²) >= 11 is 8.93. The van der Waals surface area contributed by atoms with Gasteiger partial charge in [0.15, 0.2) is 0 Å².